The fraction of sp³-hybridized carbons (Fsp3) is 0.0417. The van der Waals surface area contributed by atoms with Crippen LogP contribution < -0.4 is 10.1 Å². The molecule has 6 nitrogen and oxygen atoms in total. The monoisotopic (exact) mass is 592 g/mol. The number of benzene rings is 3. The molecule has 0 aromatic heterocycles. The molecule has 2 N–H and O–H groups in total. The Labute approximate surface area is 213 Å². The van der Waals surface area contributed by atoms with Gasteiger partial charge in [0.05, 0.1) is 19.2 Å². The number of amides is 1. The Balaban J connectivity index is 1.69. The van der Waals surface area contributed by atoms with E-state index in [-0.39, 0.29) is 17.7 Å². The van der Waals surface area contributed by atoms with Crippen molar-refractivity contribution >= 4 is 69.4 Å². The number of rotatable bonds is 7. The highest BCUT2D eigenvalue weighted by molar-refractivity contribution is 14.1. The number of hydrogen-bond donors (Lipinski definition) is 2. The highest BCUT2D eigenvalue weighted by atomic mass is 127. The molecule has 3 aromatic carbocycles. The zero-order valence-electron chi connectivity index (χ0n) is 16.8. The van der Waals surface area contributed by atoms with Gasteiger partial charge in [-0.3, -0.25) is 4.79 Å². The molecule has 0 saturated heterocycles. The van der Waals surface area contributed by atoms with Gasteiger partial charge in [0.25, 0.3) is 5.91 Å². The number of carbonyl (C=O) groups is 2. The maximum Gasteiger partial charge on any atom is 0.335 e. The van der Waals surface area contributed by atoms with Gasteiger partial charge in [-0.05, 0) is 82.3 Å². The third-order valence-corrected chi connectivity index (χ3v) is 5.99. The van der Waals surface area contributed by atoms with Crippen LogP contribution in [-0.4, -0.2) is 17.0 Å². The molecule has 0 aliphatic rings. The number of carbonyl (C=O) groups excluding carboxylic acids is 1. The number of ether oxygens (including phenoxy) is 1. The number of carboxylic acid groups (broad SMARTS) is 1. The van der Waals surface area contributed by atoms with Crippen molar-refractivity contribution in [2.75, 3.05) is 5.32 Å². The van der Waals surface area contributed by atoms with Gasteiger partial charge in [0, 0.05) is 5.69 Å². The first-order valence-electron chi connectivity index (χ1n) is 9.39. The molecule has 3 aromatic rings. The second-order valence-corrected chi connectivity index (χ2v) is 8.71. The number of anilines is 1. The molecule has 0 unspecified atom stereocenters. The standard InChI is InChI=1S/C24H15Cl2IN2O4/c25-19-7-6-18(11-20(19)26)29-23(30)17(12-28)9-15-3-8-22(21(27)10-15)33-13-14-1-4-16(5-2-14)24(31)32/h1-11H,13H2,(H,29,30)(H,31,32)/b17-9-. The van der Waals surface area contributed by atoms with E-state index in [1.165, 1.54) is 24.3 Å². The van der Waals surface area contributed by atoms with Crippen molar-refractivity contribution in [1.29, 1.82) is 5.26 Å². The van der Waals surface area contributed by atoms with Crippen LogP contribution in [-0.2, 0) is 11.4 Å². The first kappa shape index (κ1) is 24.6. The Morgan fingerprint density at radius 3 is 2.39 bits per heavy atom. The average Bonchev–Trinajstić information content (AvgIpc) is 2.79. The van der Waals surface area contributed by atoms with E-state index in [1.807, 2.05) is 6.07 Å². The molecule has 1 amide bonds. The molecule has 33 heavy (non-hydrogen) atoms. The summed E-state index contributed by atoms with van der Waals surface area (Å²) in [5.74, 6) is -0.937. The quantitative estimate of drug-likeness (QED) is 0.187. The van der Waals surface area contributed by atoms with Crippen LogP contribution in [0, 0.1) is 14.9 Å². The molecule has 0 saturated carbocycles. The van der Waals surface area contributed by atoms with Crippen molar-refractivity contribution in [2.45, 2.75) is 6.61 Å². The SMILES string of the molecule is N#C/C(=C/c1ccc(OCc2ccc(C(=O)O)cc2)c(I)c1)C(=O)Nc1ccc(Cl)c(Cl)c1. The van der Waals surface area contributed by atoms with E-state index in [2.05, 4.69) is 27.9 Å². The number of nitrogens with one attached hydrogen (secondary N) is 1. The zero-order valence-corrected chi connectivity index (χ0v) is 20.5. The van der Waals surface area contributed by atoms with E-state index in [9.17, 15) is 14.9 Å². The predicted octanol–water partition coefficient (Wildman–Crippen LogP) is 6.42. The van der Waals surface area contributed by atoms with E-state index in [4.69, 9.17) is 33.0 Å². The third-order valence-electron chi connectivity index (χ3n) is 4.40. The van der Waals surface area contributed by atoms with Crippen molar-refractivity contribution in [1.82, 2.24) is 0 Å². The summed E-state index contributed by atoms with van der Waals surface area (Å²) in [6, 6.07) is 18.2. The first-order valence-corrected chi connectivity index (χ1v) is 11.2. The van der Waals surface area contributed by atoms with Crippen molar-refractivity contribution < 1.29 is 19.4 Å². The van der Waals surface area contributed by atoms with Crippen LogP contribution >= 0.6 is 45.8 Å². The molecule has 0 heterocycles. The summed E-state index contributed by atoms with van der Waals surface area (Å²) >= 11 is 13.9. The second kappa shape index (κ2) is 11.2. The average molecular weight is 593 g/mol. The summed E-state index contributed by atoms with van der Waals surface area (Å²) < 4.78 is 6.60. The fourth-order valence-electron chi connectivity index (χ4n) is 2.72. The van der Waals surface area contributed by atoms with E-state index < -0.39 is 11.9 Å². The third kappa shape index (κ3) is 6.71. The molecule has 9 heteroatoms. The topological polar surface area (TPSA) is 99.4 Å². The number of hydrogen-bond acceptors (Lipinski definition) is 4. The maximum atomic E-state index is 12.5. The minimum Gasteiger partial charge on any atom is -0.488 e. The molecular weight excluding hydrogens is 578 g/mol. The summed E-state index contributed by atoms with van der Waals surface area (Å²) in [6.45, 7) is 0.264. The van der Waals surface area contributed by atoms with E-state index >= 15 is 0 Å². The Morgan fingerprint density at radius 2 is 1.79 bits per heavy atom. The Hall–Kier alpha value is -3.06. The number of carboxylic acids is 1. The molecule has 3 rings (SSSR count). The van der Waals surface area contributed by atoms with Gasteiger partial charge in [0.1, 0.15) is 24.0 Å². The molecule has 0 atom stereocenters. The molecule has 0 spiro atoms. The molecule has 0 aliphatic heterocycles. The van der Waals surface area contributed by atoms with Crippen LogP contribution in [0.15, 0.2) is 66.2 Å². The smallest absolute Gasteiger partial charge is 0.335 e. The lowest BCUT2D eigenvalue weighted by atomic mass is 10.1. The van der Waals surface area contributed by atoms with Crippen LogP contribution in [0.3, 0.4) is 0 Å². The summed E-state index contributed by atoms with van der Waals surface area (Å²) in [7, 11) is 0. The van der Waals surface area contributed by atoms with Crippen LogP contribution in [0.4, 0.5) is 5.69 Å². The van der Waals surface area contributed by atoms with Gasteiger partial charge in [-0.2, -0.15) is 5.26 Å². The van der Waals surface area contributed by atoms with Gasteiger partial charge in [0.15, 0.2) is 0 Å². The van der Waals surface area contributed by atoms with Crippen LogP contribution in [0.2, 0.25) is 10.0 Å². The first-order chi connectivity index (χ1) is 15.8. The maximum absolute atomic E-state index is 12.5. The highest BCUT2D eigenvalue weighted by Crippen LogP contribution is 2.26. The summed E-state index contributed by atoms with van der Waals surface area (Å²) in [6.07, 6.45) is 1.48. The van der Waals surface area contributed by atoms with Crippen LogP contribution in [0.5, 0.6) is 5.75 Å². The van der Waals surface area contributed by atoms with E-state index in [0.29, 0.717) is 27.0 Å². The van der Waals surface area contributed by atoms with Gasteiger partial charge >= 0.3 is 5.97 Å². The largest absolute Gasteiger partial charge is 0.488 e. The van der Waals surface area contributed by atoms with E-state index in [1.54, 1.807) is 42.5 Å². The summed E-state index contributed by atoms with van der Waals surface area (Å²) in [5.41, 5.74) is 2.03. The Kier molecular flexibility index (Phi) is 8.33. The molecule has 166 valence electrons. The normalized spacial score (nSPS) is 10.9. The second-order valence-electron chi connectivity index (χ2n) is 6.73. The zero-order chi connectivity index (χ0) is 24.0. The number of nitrogens with zero attached hydrogens (tertiary/aromatic N) is 1. The molecule has 0 fully saturated rings. The van der Waals surface area contributed by atoms with Gasteiger partial charge in [-0.15, -0.1) is 0 Å². The van der Waals surface area contributed by atoms with Crippen molar-refractivity contribution in [3.63, 3.8) is 0 Å². The van der Waals surface area contributed by atoms with Crippen LogP contribution in [0.25, 0.3) is 6.08 Å². The van der Waals surface area contributed by atoms with Gasteiger partial charge in [-0.1, -0.05) is 41.4 Å². The van der Waals surface area contributed by atoms with Crippen LogP contribution in [0.1, 0.15) is 21.5 Å². The predicted molar refractivity (Wildman–Crippen MR) is 136 cm³/mol. The van der Waals surface area contributed by atoms with Crippen molar-refractivity contribution in [2.24, 2.45) is 0 Å². The van der Waals surface area contributed by atoms with Crippen molar-refractivity contribution in [3.8, 4) is 11.8 Å². The lowest BCUT2D eigenvalue weighted by Crippen LogP contribution is -2.13. The lowest BCUT2D eigenvalue weighted by molar-refractivity contribution is -0.112. The lowest BCUT2D eigenvalue weighted by Gasteiger charge is -2.10. The summed E-state index contributed by atoms with van der Waals surface area (Å²) in [5, 5.41) is 21.7. The summed E-state index contributed by atoms with van der Waals surface area (Å²) in [4.78, 5) is 23.4. The molecule has 0 aliphatic carbocycles. The van der Waals surface area contributed by atoms with Crippen molar-refractivity contribution in [3.05, 3.63) is 96.5 Å². The van der Waals surface area contributed by atoms with Gasteiger partial charge in [-0.25, -0.2) is 4.79 Å². The van der Waals surface area contributed by atoms with E-state index in [0.717, 1.165) is 9.13 Å². The number of halogens is 3. The minimum absolute atomic E-state index is 0.0796. The van der Waals surface area contributed by atoms with Gasteiger partial charge in [0.2, 0.25) is 0 Å². The minimum atomic E-state index is -0.983. The van der Waals surface area contributed by atoms with Gasteiger partial charge < -0.3 is 15.2 Å². The fourth-order valence-corrected chi connectivity index (χ4v) is 3.71. The molecular formula is C24H15Cl2IN2O4. The number of nitriles is 1. The molecule has 0 bridgehead atoms. The Bertz CT molecular complexity index is 1280. The molecule has 0 radical (unpaired) electrons. The highest BCUT2D eigenvalue weighted by Gasteiger charge is 2.12. The Morgan fingerprint density at radius 1 is 1.06 bits per heavy atom. The number of aromatic carboxylic acids is 1.